The van der Waals surface area contributed by atoms with Crippen LogP contribution in [0.3, 0.4) is 0 Å². The Labute approximate surface area is 122 Å². The highest BCUT2D eigenvalue weighted by Crippen LogP contribution is 2.24. The van der Waals surface area contributed by atoms with Crippen LogP contribution in [0.15, 0.2) is 0 Å². The van der Waals surface area contributed by atoms with E-state index in [4.69, 9.17) is 16.3 Å². The van der Waals surface area contributed by atoms with E-state index in [9.17, 15) is 0 Å². The average Bonchev–Trinajstić information content (AvgIpc) is 2.64. The molecule has 6 heteroatoms. The Morgan fingerprint density at radius 3 is 2.37 bits per heavy atom. The third-order valence-corrected chi connectivity index (χ3v) is 5.34. The molecule has 0 aliphatic heterocycles. The number of hydrogen-bond acceptors (Lipinski definition) is 3. The molecule has 19 heavy (non-hydrogen) atoms. The van der Waals surface area contributed by atoms with Crippen LogP contribution >= 0.6 is 11.6 Å². The van der Waals surface area contributed by atoms with E-state index in [2.05, 4.69) is 50.6 Å². The van der Waals surface area contributed by atoms with E-state index in [0.29, 0.717) is 23.9 Å². The molecule has 0 aliphatic carbocycles. The van der Waals surface area contributed by atoms with Gasteiger partial charge in [-0.15, -0.1) is 10.2 Å². The number of nitrogens with zero attached hydrogens (tertiary/aromatic N) is 3. The van der Waals surface area contributed by atoms with Crippen LogP contribution in [0.2, 0.25) is 31.0 Å². The molecule has 0 spiro atoms. The number of rotatable bonds is 7. The minimum absolute atomic E-state index is 0.320. The Hall–Kier alpha value is -0.393. The van der Waals surface area contributed by atoms with Gasteiger partial charge in [-0.25, -0.2) is 0 Å². The van der Waals surface area contributed by atoms with Crippen molar-refractivity contribution in [3.05, 3.63) is 11.1 Å². The molecule has 0 bridgehead atoms. The molecule has 4 nitrogen and oxygen atoms in total. The predicted octanol–water partition coefficient (Wildman–Crippen LogP) is 4.00. The van der Waals surface area contributed by atoms with Gasteiger partial charge < -0.3 is 4.74 Å². The fraction of sp³-hybridized carbons (Fsp3) is 0.846. The molecule has 0 aliphatic rings. The Kier molecular flexibility index (Phi) is 6.01. The molecule has 0 aromatic carbocycles. The Balaban J connectivity index is 2.60. The Morgan fingerprint density at radius 2 is 1.84 bits per heavy atom. The molecule has 0 N–H and O–H groups in total. The predicted molar refractivity (Wildman–Crippen MR) is 82.4 cm³/mol. The van der Waals surface area contributed by atoms with E-state index in [-0.39, 0.29) is 0 Å². The normalized spacial score (nSPS) is 14.1. The first-order chi connectivity index (χ1) is 8.72. The van der Waals surface area contributed by atoms with Crippen molar-refractivity contribution in [1.29, 1.82) is 0 Å². The molecule has 0 fully saturated rings. The quantitative estimate of drug-likeness (QED) is 0.564. The van der Waals surface area contributed by atoms with Gasteiger partial charge in [-0.05, 0) is 23.6 Å². The summed E-state index contributed by atoms with van der Waals surface area (Å²) in [4.78, 5) is 0. The number of hydrogen-bond donors (Lipinski definition) is 0. The van der Waals surface area contributed by atoms with Crippen molar-refractivity contribution >= 4 is 19.7 Å². The van der Waals surface area contributed by atoms with Gasteiger partial charge in [-0.3, -0.25) is 4.57 Å². The maximum absolute atomic E-state index is 6.08. The zero-order valence-electron chi connectivity index (χ0n) is 12.9. The topological polar surface area (TPSA) is 39.9 Å². The first-order valence-corrected chi connectivity index (χ1v) is 11.0. The molecule has 0 amide bonds. The van der Waals surface area contributed by atoms with Crippen molar-refractivity contribution in [2.75, 3.05) is 6.61 Å². The fourth-order valence-electron chi connectivity index (χ4n) is 1.58. The molecule has 1 heterocycles. The summed E-state index contributed by atoms with van der Waals surface area (Å²) in [5, 5.41) is 8.54. The zero-order valence-corrected chi connectivity index (χ0v) is 14.7. The van der Waals surface area contributed by atoms with Gasteiger partial charge in [0.15, 0.2) is 0 Å². The van der Waals surface area contributed by atoms with Gasteiger partial charge in [0.1, 0.15) is 12.6 Å². The van der Waals surface area contributed by atoms with Crippen LogP contribution in [0.25, 0.3) is 0 Å². The van der Waals surface area contributed by atoms with E-state index in [1.807, 2.05) is 4.57 Å². The van der Waals surface area contributed by atoms with E-state index >= 15 is 0 Å². The Morgan fingerprint density at radius 1 is 1.21 bits per heavy atom. The third kappa shape index (κ3) is 5.24. The van der Waals surface area contributed by atoms with Crippen LogP contribution in [0, 0.1) is 5.92 Å². The first kappa shape index (κ1) is 16.7. The van der Waals surface area contributed by atoms with Crippen molar-refractivity contribution in [3.8, 4) is 0 Å². The summed E-state index contributed by atoms with van der Waals surface area (Å²) in [6.45, 7) is 14.7. The van der Waals surface area contributed by atoms with Crippen LogP contribution in [0.4, 0.5) is 0 Å². The van der Waals surface area contributed by atoms with E-state index in [1.54, 1.807) is 0 Å². The molecule has 0 saturated carbocycles. The van der Waals surface area contributed by atoms with Crippen LogP contribution < -0.4 is 0 Å². The van der Waals surface area contributed by atoms with Gasteiger partial charge in [0.2, 0.25) is 5.28 Å². The molecule has 1 rings (SSSR count). The number of ether oxygens (including phenoxy) is 1. The largest absolute Gasteiger partial charge is 0.361 e. The molecule has 110 valence electrons. The standard InChI is InChI=1S/C13H26ClN3OSi/c1-10(2)11(3)12-15-16-13(14)17(12)9-18-7-8-19(4,5)6/h10-11H,7-9H2,1-6H3. The molecule has 1 atom stereocenters. The molecule has 1 aromatic rings. The highest BCUT2D eigenvalue weighted by molar-refractivity contribution is 6.76. The highest BCUT2D eigenvalue weighted by Gasteiger charge is 2.19. The third-order valence-electron chi connectivity index (χ3n) is 3.36. The highest BCUT2D eigenvalue weighted by atomic mass is 35.5. The summed E-state index contributed by atoms with van der Waals surface area (Å²) >= 11 is 6.08. The van der Waals surface area contributed by atoms with Gasteiger partial charge in [-0.2, -0.15) is 0 Å². The lowest BCUT2D eigenvalue weighted by atomic mass is 9.97. The molecule has 0 saturated heterocycles. The summed E-state index contributed by atoms with van der Waals surface area (Å²) < 4.78 is 7.61. The van der Waals surface area contributed by atoms with Gasteiger partial charge in [0.25, 0.3) is 0 Å². The average molecular weight is 304 g/mol. The fourth-order valence-corrected chi connectivity index (χ4v) is 2.51. The second-order valence-corrected chi connectivity index (χ2v) is 12.6. The molecular weight excluding hydrogens is 278 g/mol. The molecule has 1 aromatic heterocycles. The summed E-state index contributed by atoms with van der Waals surface area (Å²) in [5.41, 5.74) is 0. The SMILES string of the molecule is CC(C)C(C)c1nnc(Cl)n1COCC[Si](C)(C)C. The van der Waals surface area contributed by atoms with E-state index in [1.165, 1.54) is 0 Å². The Bertz CT molecular complexity index is 401. The minimum atomic E-state index is -1.04. The second-order valence-electron chi connectivity index (χ2n) is 6.64. The maximum atomic E-state index is 6.08. The van der Waals surface area contributed by atoms with Gasteiger partial charge in [0, 0.05) is 20.6 Å². The summed E-state index contributed by atoms with van der Waals surface area (Å²) in [5.74, 6) is 1.73. The van der Waals surface area contributed by atoms with Crippen molar-refractivity contribution in [3.63, 3.8) is 0 Å². The zero-order chi connectivity index (χ0) is 14.6. The summed E-state index contributed by atoms with van der Waals surface area (Å²) in [6.07, 6.45) is 0. The lowest BCUT2D eigenvalue weighted by Crippen LogP contribution is -2.22. The smallest absolute Gasteiger partial charge is 0.226 e. The lowest BCUT2D eigenvalue weighted by molar-refractivity contribution is 0.0839. The second kappa shape index (κ2) is 6.86. The molecule has 0 radical (unpaired) electrons. The van der Waals surface area contributed by atoms with Crippen molar-refractivity contribution in [2.45, 2.75) is 59.1 Å². The minimum Gasteiger partial charge on any atom is -0.361 e. The van der Waals surface area contributed by atoms with E-state index < -0.39 is 8.07 Å². The molecular formula is C13H26ClN3OSi. The van der Waals surface area contributed by atoms with Crippen LogP contribution in [-0.4, -0.2) is 29.4 Å². The lowest BCUT2D eigenvalue weighted by Gasteiger charge is -2.18. The van der Waals surface area contributed by atoms with Crippen LogP contribution in [0.5, 0.6) is 0 Å². The first-order valence-electron chi connectivity index (χ1n) is 6.88. The molecule has 1 unspecified atom stereocenters. The van der Waals surface area contributed by atoms with Crippen LogP contribution in [0.1, 0.15) is 32.5 Å². The van der Waals surface area contributed by atoms with Gasteiger partial charge >= 0.3 is 0 Å². The van der Waals surface area contributed by atoms with Gasteiger partial charge in [-0.1, -0.05) is 40.4 Å². The van der Waals surface area contributed by atoms with Crippen molar-refractivity contribution in [1.82, 2.24) is 14.8 Å². The number of halogens is 1. The van der Waals surface area contributed by atoms with Crippen molar-refractivity contribution < 1.29 is 4.74 Å². The summed E-state index contributed by atoms with van der Waals surface area (Å²) in [7, 11) is -1.04. The maximum Gasteiger partial charge on any atom is 0.226 e. The van der Waals surface area contributed by atoms with Gasteiger partial charge in [0.05, 0.1) is 0 Å². The van der Waals surface area contributed by atoms with Crippen LogP contribution in [-0.2, 0) is 11.5 Å². The van der Waals surface area contributed by atoms with E-state index in [0.717, 1.165) is 18.5 Å². The summed E-state index contributed by atoms with van der Waals surface area (Å²) in [6, 6.07) is 1.15. The van der Waals surface area contributed by atoms with Crippen molar-refractivity contribution in [2.24, 2.45) is 5.92 Å². The monoisotopic (exact) mass is 303 g/mol. The number of aromatic nitrogens is 3.